The van der Waals surface area contributed by atoms with Crippen LogP contribution in [0.2, 0.25) is 0 Å². The molecule has 3 heteroatoms. The molecule has 0 radical (unpaired) electrons. The fraction of sp³-hybridized carbons (Fsp3) is 0.667. The first-order chi connectivity index (χ1) is 7.22. The van der Waals surface area contributed by atoms with Crippen LogP contribution in [-0.4, -0.2) is 7.11 Å². The molecular weight excluding hydrogens is 190 g/mol. The monoisotopic (exact) mass is 211 g/mol. The first-order valence-electron chi connectivity index (χ1n) is 5.56. The average molecular weight is 211 g/mol. The van der Waals surface area contributed by atoms with Gasteiger partial charge in [-0.05, 0) is 18.1 Å². The average Bonchev–Trinajstić information content (AvgIpc) is 2.68. The number of furan rings is 1. The molecule has 1 rings (SSSR count). The summed E-state index contributed by atoms with van der Waals surface area (Å²) in [6, 6.07) is 3.89. The predicted molar refractivity (Wildman–Crippen MR) is 60.4 cm³/mol. The second kappa shape index (κ2) is 5.93. The maximum absolute atomic E-state index is 6.14. The van der Waals surface area contributed by atoms with Gasteiger partial charge in [-0.15, -0.1) is 0 Å². The molecule has 0 spiro atoms. The molecule has 0 bridgehead atoms. The molecule has 0 aliphatic carbocycles. The quantitative estimate of drug-likeness (QED) is 0.787. The summed E-state index contributed by atoms with van der Waals surface area (Å²) in [5.74, 6) is 2.20. The van der Waals surface area contributed by atoms with Gasteiger partial charge in [-0.3, -0.25) is 0 Å². The molecule has 0 aliphatic heterocycles. The van der Waals surface area contributed by atoms with E-state index in [4.69, 9.17) is 14.9 Å². The Labute approximate surface area is 91.6 Å². The van der Waals surface area contributed by atoms with E-state index in [-0.39, 0.29) is 6.04 Å². The lowest BCUT2D eigenvalue weighted by Crippen LogP contribution is -2.19. The Morgan fingerprint density at radius 1 is 1.33 bits per heavy atom. The highest BCUT2D eigenvalue weighted by Gasteiger charge is 2.19. The van der Waals surface area contributed by atoms with Gasteiger partial charge in [-0.1, -0.05) is 26.7 Å². The number of methoxy groups -OCH3 is 1. The van der Waals surface area contributed by atoms with E-state index in [1.807, 2.05) is 12.1 Å². The fourth-order valence-electron chi connectivity index (χ4n) is 1.82. The normalized spacial score (nSPS) is 13.4. The van der Waals surface area contributed by atoms with Crippen molar-refractivity contribution in [1.29, 1.82) is 0 Å². The molecule has 1 unspecified atom stereocenters. The summed E-state index contributed by atoms with van der Waals surface area (Å²) in [6.45, 7) is 4.83. The van der Waals surface area contributed by atoms with E-state index in [1.165, 1.54) is 0 Å². The van der Waals surface area contributed by atoms with Crippen molar-refractivity contribution < 1.29 is 9.15 Å². The van der Waals surface area contributed by atoms with Crippen LogP contribution < -0.4 is 5.73 Å². The van der Waals surface area contributed by atoms with Gasteiger partial charge in [0.2, 0.25) is 0 Å². The SMILES string of the molecule is CCC(CC)C(N)c1ccc(COC)o1. The summed E-state index contributed by atoms with van der Waals surface area (Å²) < 4.78 is 10.6. The van der Waals surface area contributed by atoms with Crippen LogP contribution >= 0.6 is 0 Å². The Morgan fingerprint density at radius 2 is 2.00 bits per heavy atom. The van der Waals surface area contributed by atoms with Crippen LogP contribution in [-0.2, 0) is 11.3 Å². The van der Waals surface area contributed by atoms with E-state index in [1.54, 1.807) is 7.11 Å². The first kappa shape index (κ1) is 12.3. The standard InChI is InChI=1S/C12H21NO2/c1-4-9(5-2)12(13)11-7-6-10(15-11)8-14-3/h6-7,9,12H,4-5,8,13H2,1-3H3. The van der Waals surface area contributed by atoms with Gasteiger partial charge < -0.3 is 14.9 Å². The van der Waals surface area contributed by atoms with Crippen molar-refractivity contribution in [2.24, 2.45) is 11.7 Å². The smallest absolute Gasteiger partial charge is 0.129 e. The lowest BCUT2D eigenvalue weighted by molar-refractivity contribution is 0.160. The number of hydrogen-bond acceptors (Lipinski definition) is 3. The van der Waals surface area contributed by atoms with E-state index in [2.05, 4.69) is 13.8 Å². The van der Waals surface area contributed by atoms with Crippen molar-refractivity contribution in [2.45, 2.75) is 39.3 Å². The van der Waals surface area contributed by atoms with Gasteiger partial charge in [0, 0.05) is 7.11 Å². The van der Waals surface area contributed by atoms with Gasteiger partial charge in [0.25, 0.3) is 0 Å². The molecule has 0 saturated carbocycles. The summed E-state index contributed by atoms with van der Waals surface area (Å²) in [4.78, 5) is 0. The minimum absolute atomic E-state index is 0.00519. The number of ether oxygens (including phenoxy) is 1. The fourth-order valence-corrected chi connectivity index (χ4v) is 1.82. The molecule has 0 aromatic carbocycles. The first-order valence-corrected chi connectivity index (χ1v) is 5.56. The van der Waals surface area contributed by atoms with Crippen molar-refractivity contribution in [2.75, 3.05) is 7.11 Å². The Bertz CT molecular complexity index is 279. The van der Waals surface area contributed by atoms with Crippen LogP contribution in [0.25, 0.3) is 0 Å². The lowest BCUT2D eigenvalue weighted by Gasteiger charge is -2.18. The minimum atomic E-state index is 0.00519. The number of nitrogens with two attached hydrogens (primary N) is 1. The van der Waals surface area contributed by atoms with Gasteiger partial charge in [0.1, 0.15) is 18.1 Å². The van der Waals surface area contributed by atoms with Crippen LogP contribution in [0.3, 0.4) is 0 Å². The second-order valence-electron chi connectivity index (χ2n) is 3.84. The van der Waals surface area contributed by atoms with Crippen molar-refractivity contribution in [3.63, 3.8) is 0 Å². The molecule has 0 saturated heterocycles. The summed E-state index contributed by atoms with van der Waals surface area (Å²) in [5, 5.41) is 0. The Kier molecular flexibility index (Phi) is 4.85. The Morgan fingerprint density at radius 3 is 2.53 bits per heavy atom. The molecule has 1 aromatic rings. The van der Waals surface area contributed by atoms with Crippen LogP contribution in [0.15, 0.2) is 16.5 Å². The van der Waals surface area contributed by atoms with Crippen LogP contribution in [0, 0.1) is 5.92 Å². The largest absolute Gasteiger partial charge is 0.462 e. The van der Waals surface area contributed by atoms with Gasteiger partial charge >= 0.3 is 0 Å². The molecular formula is C12H21NO2. The van der Waals surface area contributed by atoms with Crippen molar-refractivity contribution >= 4 is 0 Å². The zero-order valence-corrected chi connectivity index (χ0v) is 9.82. The maximum Gasteiger partial charge on any atom is 0.129 e. The maximum atomic E-state index is 6.14. The molecule has 0 amide bonds. The van der Waals surface area contributed by atoms with Crippen LogP contribution in [0.1, 0.15) is 44.3 Å². The zero-order valence-electron chi connectivity index (χ0n) is 9.82. The highest BCUT2D eigenvalue weighted by Crippen LogP contribution is 2.26. The van der Waals surface area contributed by atoms with Crippen molar-refractivity contribution in [1.82, 2.24) is 0 Å². The van der Waals surface area contributed by atoms with E-state index in [9.17, 15) is 0 Å². The van der Waals surface area contributed by atoms with Crippen LogP contribution in [0.5, 0.6) is 0 Å². The molecule has 15 heavy (non-hydrogen) atoms. The van der Waals surface area contributed by atoms with Crippen molar-refractivity contribution in [3.8, 4) is 0 Å². The molecule has 0 fully saturated rings. The van der Waals surface area contributed by atoms with Crippen LogP contribution in [0.4, 0.5) is 0 Å². The highest BCUT2D eigenvalue weighted by molar-refractivity contribution is 5.10. The van der Waals surface area contributed by atoms with Gasteiger partial charge in [0.15, 0.2) is 0 Å². The van der Waals surface area contributed by atoms with Gasteiger partial charge in [-0.2, -0.15) is 0 Å². The third kappa shape index (κ3) is 3.08. The summed E-state index contributed by atoms with van der Waals surface area (Å²) in [7, 11) is 1.66. The Hall–Kier alpha value is -0.800. The van der Waals surface area contributed by atoms with E-state index < -0.39 is 0 Å². The molecule has 3 nitrogen and oxygen atoms in total. The molecule has 0 aliphatic rings. The van der Waals surface area contributed by atoms with Gasteiger partial charge in [-0.25, -0.2) is 0 Å². The molecule has 1 aromatic heterocycles. The summed E-state index contributed by atoms with van der Waals surface area (Å²) >= 11 is 0. The molecule has 1 atom stereocenters. The highest BCUT2D eigenvalue weighted by atomic mass is 16.5. The molecule has 1 heterocycles. The Balaban J connectivity index is 2.68. The van der Waals surface area contributed by atoms with Crippen molar-refractivity contribution in [3.05, 3.63) is 23.7 Å². The summed E-state index contributed by atoms with van der Waals surface area (Å²) in [6.07, 6.45) is 2.16. The minimum Gasteiger partial charge on any atom is -0.462 e. The molecule has 86 valence electrons. The topological polar surface area (TPSA) is 48.4 Å². The summed E-state index contributed by atoms with van der Waals surface area (Å²) in [5.41, 5.74) is 6.14. The third-order valence-electron chi connectivity index (χ3n) is 2.85. The number of hydrogen-bond donors (Lipinski definition) is 1. The molecule has 2 N–H and O–H groups in total. The lowest BCUT2D eigenvalue weighted by atomic mass is 9.93. The third-order valence-corrected chi connectivity index (χ3v) is 2.85. The van der Waals surface area contributed by atoms with E-state index in [0.29, 0.717) is 12.5 Å². The second-order valence-corrected chi connectivity index (χ2v) is 3.84. The van der Waals surface area contributed by atoms with Gasteiger partial charge in [0.05, 0.1) is 6.04 Å². The zero-order chi connectivity index (χ0) is 11.3. The van der Waals surface area contributed by atoms with E-state index in [0.717, 1.165) is 24.4 Å². The van der Waals surface area contributed by atoms with E-state index >= 15 is 0 Å². The predicted octanol–water partition coefficient (Wildman–Crippen LogP) is 2.86. The number of rotatable bonds is 6.